The number of hydrogen-bond acceptors (Lipinski definition) is 4. The maximum atomic E-state index is 13.6. The first kappa shape index (κ1) is 13.3. The first-order valence-electron chi connectivity index (χ1n) is 5.55. The summed E-state index contributed by atoms with van der Waals surface area (Å²) in [5.41, 5.74) is -0.531. The quantitative estimate of drug-likeness (QED) is 0.895. The molecule has 1 atom stereocenters. The van der Waals surface area contributed by atoms with Gasteiger partial charge in [0.1, 0.15) is 0 Å². The molecule has 0 radical (unpaired) electrons. The lowest BCUT2D eigenvalue weighted by molar-refractivity contribution is -0.123. The van der Waals surface area contributed by atoms with Crippen LogP contribution < -0.4 is 4.90 Å². The first-order chi connectivity index (χ1) is 8.82. The Morgan fingerprint density at radius 3 is 2.42 bits per heavy atom. The molecule has 1 unspecified atom stereocenters. The molecule has 1 aliphatic rings. The number of aromatic hydroxyl groups is 1. The summed E-state index contributed by atoms with van der Waals surface area (Å²) in [5.74, 6) is -4.19. The van der Waals surface area contributed by atoms with Crippen molar-refractivity contribution in [2.75, 3.05) is 4.90 Å². The van der Waals surface area contributed by atoms with E-state index in [1.54, 1.807) is 13.8 Å². The van der Waals surface area contributed by atoms with Gasteiger partial charge < -0.3 is 9.84 Å². The summed E-state index contributed by atoms with van der Waals surface area (Å²) in [5, 5.41) is 9.20. The van der Waals surface area contributed by atoms with E-state index < -0.39 is 41.2 Å². The molecule has 5 nitrogen and oxygen atoms in total. The molecule has 1 N–H and O–H groups in total. The molecule has 0 spiro atoms. The maximum absolute atomic E-state index is 13.6. The van der Waals surface area contributed by atoms with Crippen molar-refractivity contribution in [1.29, 1.82) is 0 Å². The van der Waals surface area contributed by atoms with Crippen molar-refractivity contribution in [3.63, 3.8) is 0 Å². The Morgan fingerprint density at radius 1 is 1.26 bits per heavy atom. The minimum atomic E-state index is -1.18. The number of benzene rings is 1. The van der Waals surface area contributed by atoms with Crippen LogP contribution >= 0.6 is 0 Å². The van der Waals surface area contributed by atoms with Crippen molar-refractivity contribution < 1.29 is 28.2 Å². The largest absolute Gasteiger partial charge is 0.505 e. The number of hydrogen-bond donors (Lipinski definition) is 1. The van der Waals surface area contributed by atoms with Gasteiger partial charge in [-0.3, -0.25) is 4.79 Å². The predicted molar refractivity (Wildman–Crippen MR) is 60.6 cm³/mol. The number of anilines is 1. The Bertz CT molecular complexity index is 559. The third-order valence-corrected chi connectivity index (χ3v) is 2.74. The van der Waals surface area contributed by atoms with Crippen LogP contribution in [0, 0.1) is 17.6 Å². The van der Waals surface area contributed by atoms with E-state index >= 15 is 0 Å². The lowest BCUT2D eigenvalue weighted by atomic mass is 10.1. The second-order valence-electron chi connectivity index (χ2n) is 4.48. The van der Waals surface area contributed by atoms with Gasteiger partial charge in [-0.15, -0.1) is 0 Å². The van der Waals surface area contributed by atoms with E-state index in [0.717, 1.165) is 0 Å². The first-order valence-corrected chi connectivity index (χ1v) is 5.55. The maximum Gasteiger partial charge on any atom is 0.422 e. The van der Waals surface area contributed by atoms with Gasteiger partial charge in [-0.25, -0.2) is 18.5 Å². The van der Waals surface area contributed by atoms with Gasteiger partial charge in [0.2, 0.25) is 0 Å². The SMILES string of the molecule is CC(C)C1OC(=O)N(c2cc(O)c(F)cc2F)C1=O. The van der Waals surface area contributed by atoms with Crippen LogP contribution in [0.3, 0.4) is 0 Å². The summed E-state index contributed by atoms with van der Waals surface area (Å²) >= 11 is 0. The molecule has 0 aliphatic carbocycles. The topological polar surface area (TPSA) is 66.8 Å². The van der Waals surface area contributed by atoms with E-state index in [-0.39, 0.29) is 5.92 Å². The summed E-state index contributed by atoms with van der Waals surface area (Å²) in [6, 6.07) is 1.07. The second kappa shape index (κ2) is 4.49. The molecule has 1 heterocycles. The summed E-state index contributed by atoms with van der Waals surface area (Å²) < 4.78 is 31.4. The number of phenolic OH excluding ortho intramolecular Hbond substituents is 1. The standard InChI is InChI=1S/C12H11F2NO4/c1-5(2)10-11(17)15(12(18)19-10)8-4-9(16)7(14)3-6(8)13/h3-5,10,16H,1-2H3. The van der Waals surface area contributed by atoms with E-state index in [0.29, 0.717) is 17.0 Å². The fourth-order valence-corrected chi connectivity index (χ4v) is 1.77. The molecule has 1 fully saturated rings. The fraction of sp³-hybridized carbons (Fsp3) is 0.333. The molecular weight excluding hydrogens is 260 g/mol. The second-order valence-corrected chi connectivity index (χ2v) is 4.48. The van der Waals surface area contributed by atoms with Gasteiger partial charge in [0.15, 0.2) is 23.5 Å². The molecule has 102 valence electrons. The van der Waals surface area contributed by atoms with Crippen molar-refractivity contribution in [2.45, 2.75) is 20.0 Å². The van der Waals surface area contributed by atoms with Gasteiger partial charge in [0.25, 0.3) is 5.91 Å². The number of amides is 2. The normalized spacial score (nSPS) is 19.2. The number of rotatable bonds is 2. The molecular formula is C12H11F2NO4. The van der Waals surface area contributed by atoms with Crippen LogP contribution in [0.15, 0.2) is 12.1 Å². The van der Waals surface area contributed by atoms with Gasteiger partial charge in [0.05, 0.1) is 5.69 Å². The minimum Gasteiger partial charge on any atom is -0.505 e. The summed E-state index contributed by atoms with van der Waals surface area (Å²) in [6.07, 6.45) is -2.06. The van der Waals surface area contributed by atoms with Gasteiger partial charge in [-0.05, 0) is 5.92 Å². The van der Waals surface area contributed by atoms with Crippen LogP contribution in [-0.4, -0.2) is 23.2 Å². The molecule has 0 bridgehead atoms. The predicted octanol–water partition coefficient (Wildman–Crippen LogP) is 2.18. The number of carbonyl (C=O) groups is 2. The Balaban J connectivity index is 2.45. The van der Waals surface area contributed by atoms with E-state index in [1.807, 2.05) is 0 Å². The van der Waals surface area contributed by atoms with E-state index in [2.05, 4.69) is 0 Å². The van der Waals surface area contributed by atoms with Crippen molar-refractivity contribution in [3.8, 4) is 5.75 Å². The number of phenols is 1. The zero-order chi connectivity index (χ0) is 14.3. The smallest absolute Gasteiger partial charge is 0.422 e. The van der Waals surface area contributed by atoms with Crippen molar-refractivity contribution in [2.24, 2.45) is 5.92 Å². The molecule has 1 aliphatic heterocycles. The van der Waals surface area contributed by atoms with Gasteiger partial charge in [-0.2, -0.15) is 0 Å². The highest BCUT2D eigenvalue weighted by Crippen LogP contribution is 2.32. The van der Waals surface area contributed by atoms with Crippen LogP contribution in [0.2, 0.25) is 0 Å². The van der Waals surface area contributed by atoms with E-state index in [4.69, 9.17) is 4.74 Å². The molecule has 1 aromatic carbocycles. The number of nitrogens with zero attached hydrogens (tertiary/aromatic N) is 1. The van der Waals surface area contributed by atoms with Crippen molar-refractivity contribution in [1.82, 2.24) is 0 Å². The lowest BCUT2D eigenvalue weighted by Crippen LogP contribution is -2.33. The highest BCUT2D eigenvalue weighted by molar-refractivity contribution is 6.18. The molecule has 19 heavy (non-hydrogen) atoms. The van der Waals surface area contributed by atoms with Gasteiger partial charge >= 0.3 is 6.09 Å². The monoisotopic (exact) mass is 271 g/mol. The fourth-order valence-electron chi connectivity index (χ4n) is 1.77. The number of halogens is 2. The van der Waals surface area contributed by atoms with Crippen LogP contribution in [0.25, 0.3) is 0 Å². The summed E-state index contributed by atoms with van der Waals surface area (Å²) in [6.45, 7) is 3.33. The number of imide groups is 1. The molecule has 1 saturated heterocycles. The van der Waals surface area contributed by atoms with Crippen LogP contribution in [-0.2, 0) is 9.53 Å². The average Bonchev–Trinajstić information content (AvgIpc) is 2.60. The number of carbonyl (C=O) groups excluding carboxylic acids is 2. The Labute approximate surface area is 107 Å². The lowest BCUT2D eigenvalue weighted by Gasteiger charge is -2.13. The Kier molecular flexibility index (Phi) is 3.13. The molecule has 0 saturated carbocycles. The van der Waals surface area contributed by atoms with Gasteiger partial charge in [-0.1, -0.05) is 13.8 Å². The third kappa shape index (κ3) is 2.11. The summed E-state index contributed by atoms with van der Waals surface area (Å²) in [4.78, 5) is 24.0. The molecule has 0 aromatic heterocycles. The van der Waals surface area contributed by atoms with Crippen LogP contribution in [0.4, 0.5) is 19.3 Å². The molecule has 2 amide bonds. The third-order valence-electron chi connectivity index (χ3n) is 2.74. The molecule has 2 rings (SSSR count). The van der Waals surface area contributed by atoms with Crippen molar-refractivity contribution >= 4 is 17.7 Å². The number of cyclic esters (lactones) is 1. The molecule has 7 heteroatoms. The average molecular weight is 271 g/mol. The highest BCUT2D eigenvalue weighted by atomic mass is 19.1. The molecule has 1 aromatic rings. The minimum absolute atomic E-state index is 0.279. The van der Waals surface area contributed by atoms with E-state index in [1.165, 1.54) is 0 Å². The Hall–Kier alpha value is -2.18. The van der Waals surface area contributed by atoms with Crippen LogP contribution in [0.1, 0.15) is 13.8 Å². The summed E-state index contributed by atoms with van der Waals surface area (Å²) in [7, 11) is 0. The van der Waals surface area contributed by atoms with Crippen molar-refractivity contribution in [3.05, 3.63) is 23.8 Å². The van der Waals surface area contributed by atoms with E-state index in [9.17, 15) is 23.5 Å². The zero-order valence-electron chi connectivity index (χ0n) is 10.2. The Morgan fingerprint density at radius 2 is 1.89 bits per heavy atom. The number of ether oxygens (including phenoxy) is 1. The highest BCUT2D eigenvalue weighted by Gasteiger charge is 2.44. The van der Waals surface area contributed by atoms with Crippen LogP contribution in [0.5, 0.6) is 5.75 Å². The zero-order valence-corrected chi connectivity index (χ0v) is 10.2. The van der Waals surface area contributed by atoms with Gasteiger partial charge in [0, 0.05) is 12.1 Å².